The number of phenolic OH excluding ortho intramolecular Hbond substituents is 1. The van der Waals surface area contributed by atoms with Crippen LogP contribution in [0.3, 0.4) is 0 Å². The molecule has 0 spiro atoms. The maximum absolute atomic E-state index is 14.3. The molecule has 3 aliphatic heterocycles. The number of rotatable bonds is 20. The van der Waals surface area contributed by atoms with Gasteiger partial charge < -0.3 is 82.3 Å². The molecule has 4 rings (SSSR count). The fourth-order valence-corrected chi connectivity index (χ4v) is 9.39. The smallest absolute Gasteiger partial charge is 0.248 e. The Balaban J connectivity index is 1.62. The molecule has 1 aromatic rings. The minimum absolute atomic E-state index is 0.0614. The van der Waals surface area contributed by atoms with Gasteiger partial charge in [0.25, 0.3) is 0 Å². The Morgan fingerprint density at radius 2 is 1.24 bits per heavy atom. The summed E-state index contributed by atoms with van der Waals surface area (Å²) in [6, 6.07) is -6.61. The van der Waals surface area contributed by atoms with Gasteiger partial charge in [0.05, 0.1) is 24.4 Å². The van der Waals surface area contributed by atoms with Crippen molar-refractivity contribution >= 4 is 41.4 Å². The predicted octanol–water partition coefficient (Wildman–Crippen LogP) is -1.33. The fourth-order valence-electron chi connectivity index (χ4n) is 9.39. The van der Waals surface area contributed by atoms with Crippen molar-refractivity contribution in [3.8, 4) is 5.75 Å². The highest BCUT2D eigenvalue weighted by Crippen LogP contribution is 2.28. The van der Waals surface area contributed by atoms with Crippen molar-refractivity contribution < 1.29 is 79.5 Å². The number of aromatic hydroxyl groups is 1. The van der Waals surface area contributed by atoms with Gasteiger partial charge >= 0.3 is 0 Å². The molecule has 420 valence electrons. The van der Waals surface area contributed by atoms with Gasteiger partial charge in [-0.2, -0.15) is 0 Å². The molecule has 75 heavy (non-hydrogen) atoms. The van der Waals surface area contributed by atoms with Crippen molar-refractivity contribution in [1.82, 2.24) is 36.4 Å². The van der Waals surface area contributed by atoms with Crippen LogP contribution in [-0.4, -0.2) is 189 Å². The van der Waals surface area contributed by atoms with E-state index in [-0.39, 0.29) is 24.3 Å². The minimum Gasteiger partial charge on any atom is -0.508 e. The van der Waals surface area contributed by atoms with Crippen molar-refractivity contribution in [3.05, 3.63) is 54.1 Å². The van der Waals surface area contributed by atoms with E-state index in [1.165, 1.54) is 38.3 Å². The van der Waals surface area contributed by atoms with Crippen LogP contribution < -0.4 is 26.6 Å². The zero-order valence-electron chi connectivity index (χ0n) is 43.4. The summed E-state index contributed by atoms with van der Waals surface area (Å²) in [6.07, 6.45) is 2.50. The Bertz CT molecular complexity index is 2110. The fraction of sp³-hybridized carbons (Fsp3) is 0.673. The van der Waals surface area contributed by atoms with Crippen LogP contribution in [0.5, 0.6) is 5.75 Å². The number of phenols is 1. The molecule has 3 saturated heterocycles. The third-order valence-corrected chi connectivity index (χ3v) is 13.9. The third-order valence-electron chi connectivity index (χ3n) is 13.9. The molecule has 23 heteroatoms. The van der Waals surface area contributed by atoms with Crippen LogP contribution >= 0.6 is 0 Å². The molecule has 0 saturated carbocycles. The monoisotopic (exact) mass is 1060 g/mol. The second kappa shape index (κ2) is 30.3. The van der Waals surface area contributed by atoms with Crippen molar-refractivity contribution in [1.29, 1.82) is 0 Å². The normalized spacial score (nSPS) is 29.4. The molecule has 0 unspecified atom stereocenters. The average Bonchev–Trinajstić information content (AvgIpc) is 3.91. The first kappa shape index (κ1) is 62.0. The molecular weight excluding hydrogens is 979 g/mol. The van der Waals surface area contributed by atoms with E-state index < -0.39 is 152 Å². The minimum atomic E-state index is -2.27. The van der Waals surface area contributed by atoms with E-state index in [1.54, 1.807) is 0 Å². The van der Waals surface area contributed by atoms with Crippen LogP contribution in [0.4, 0.5) is 0 Å². The zero-order valence-corrected chi connectivity index (χ0v) is 43.4. The van der Waals surface area contributed by atoms with E-state index in [0.717, 1.165) is 74.3 Å². The van der Waals surface area contributed by atoms with Gasteiger partial charge in [0, 0.05) is 38.3 Å². The molecule has 3 heterocycles. The summed E-state index contributed by atoms with van der Waals surface area (Å²) in [5.41, 5.74) is -0.0614. The first-order chi connectivity index (χ1) is 35.6. The van der Waals surface area contributed by atoms with Gasteiger partial charge in [-0.05, 0) is 70.1 Å². The van der Waals surface area contributed by atoms with Crippen LogP contribution in [0.2, 0.25) is 0 Å². The summed E-state index contributed by atoms with van der Waals surface area (Å²) in [5.74, 6) is -8.97. The Morgan fingerprint density at radius 3 is 1.85 bits per heavy atom. The Kier molecular flexibility index (Phi) is 25.0. The lowest BCUT2D eigenvalue weighted by Crippen LogP contribution is -2.64. The highest BCUT2D eigenvalue weighted by molar-refractivity contribution is 5.98. The number of amides is 7. The number of allylic oxidation sites excluding steroid dienone is 4. The summed E-state index contributed by atoms with van der Waals surface area (Å²) >= 11 is 0. The van der Waals surface area contributed by atoms with Crippen molar-refractivity contribution in [2.75, 3.05) is 13.1 Å². The summed E-state index contributed by atoms with van der Waals surface area (Å²) in [5, 5.41) is 110. The number of aliphatic hydroxyl groups excluding tert-OH is 8. The highest BCUT2D eigenvalue weighted by Gasteiger charge is 2.50. The number of benzene rings is 1. The number of unbranched alkanes of at least 4 members (excludes halogenated alkanes) is 8. The molecule has 15 atom stereocenters. The summed E-state index contributed by atoms with van der Waals surface area (Å²) < 4.78 is 0. The topological polar surface area (TPSA) is 368 Å². The van der Waals surface area contributed by atoms with Crippen LogP contribution in [0.15, 0.2) is 48.6 Å². The molecule has 0 aromatic heterocycles. The first-order valence-electron chi connectivity index (χ1n) is 26.2. The molecule has 0 bridgehead atoms. The van der Waals surface area contributed by atoms with E-state index in [4.69, 9.17) is 0 Å². The molecule has 3 fully saturated rings. The number of hydrogen-bond acceptors (Lipinski definition) is 16. The van der Waals surface area contributed by atoms with E-state index in [1.807, 2.05) is 0 Å². The Labute approximate surface area is 437 Å². The molecular formula is C52H81N7O16. The van der Waals surface area contributed by atoms with Crippen LogP contribution in [0.1, 0.15) is 129 Å². The molecule has 23 nitrogen and oxygen atoms in total. The Morgan fingerprint density at radius 1 is 0.680 bits per heavy atom. The van der Waals surface area contributed by atoms with Crippen molar-refractivity contribution in [3.63, 3.8) is 0 Å². The second-order valence-electron chi connectivity index (χ2n) is 20.1. The van der Waals surface area contributed by atoms with Crippen molar-refractivity contribution in [2.45, 2.75) is 203 Å². The van der Waals surface area contributed by atoms with Gasteiger partial charge in [-0.15, -0.1) is 0 Å². The van der Waals surface area contributed by atoms with E-state index in [9.17, 15) is 79.5 Å². The van der Waals surface area contributed by atoms with Crippen LogP contribution in [0, 0.1) is 5.92 Å². The number of carbonyl (C=O) groups excluding carboxylic acids is 7. The third kappa shape index (κ3) is 18.0. The summed E-state index contributed by atoms with van der Waals surface area (Å²) in [7, 11) is 0. The number of fused-ring (bicyclic) bond motifs is 2. The molecule has 0 radical (unpaired) electrons. The zero-order chi connectivity index (χ0) is 55.5. The summed E-state index contributed by atoms with van der Waals surface area (Å²) in [6.45, 7) is 4.97. The lowest BCUT2D eigenvalue weighted by atomic mass is 9.96. The number of nitrogens with zero attached hydrogens (tertiary/aromatic N) is 2. The second-order valence-corrected chi connectivity index (χ2v) is 20.1. The largest absolute Gasteiger partial charge is 0.508 e. The molecule has 1 aromatic carbocycles. The van der Waals surface area contributed by atoms with Gasteiger partial charge in [0.1, 0.15) is 60.3 Å². The van der Waals surface area contributed by atoms with Gasteiger partial charge in [-0.1, -0.05) is 82.4 Å². The van der Waals surface area contributed by atoms with Gasteiger partial charge in [-0.3, -0.25) is 33.6 Å². The molecule has 14 N–H and O–H groups in total. The van der Waals surface area contributed by atoms with Gasteiger partial charge in [0.2, 0.25) is 41.4 Å². The molecule has 3 aliphatic rings. The average molecular weight is 1060 g/mol. The number of aliphatic hydroxyl groups is 8. The van der Waals surface area contributed by atoms with Crippen molar-refractivity contribution in [2.24, 2.45) is 5.92 Å². The lowest BCUT2D eigenvalue weighted by Gasteiger charge is -2.34. The predicted molar refractivity (Wildman–Crippen MR) is 271 cm³/mol. The number of hydrogen-bond donors (Lipinski definition) is 14. The lowest BCUT2D eigenvalue weighted by molar-refractivity contribution is -0.148. The van der Waals surface area contributed by atoms with Crippen LogP contribution in [0.25, 0.3) is 0 Å². The Hall–Kier alpha value is -5.53. The van der Waals surface area contributed by atoms with Crippen LogP contribution in [-0.2, 0) is 33.6 Å². The maximum atomic E-state index is 14.3. The molecule has 7 amide bonds. The molecule has 0 aliphatic carbocycles. The van der Waals surface area contributed by atoms with E-state index in [0.29, 0.717) is 12.8 Å². The van der Waals surface area contributed by atoms with Gasteiger partial charge in [0.15, 0.2) is 6.23 Å². The summed E-state index contributed by atoms with van der Waals surface area (Å²) in [4.78, 5) is 100. The highest BCUT2D eigenvalue weighted by atomic mass is 16.3. The SMILES string of the molecule is CCCCC/C=C\C/C=C\CCCCCCCC(=O)N[C@H]1C[C@@H](O)[C@H](O)NC(=O)[C@@H]2[C@@H](O)[C@@H](C)CN2C(=O)[C@H]([C@H](C)O)NC(=O)[C@H]([C@H](O)[C@@H](O)c2ccc(O)cc2)NC(=O)[C@@H]2C[C@@H](O)CN2C(=O)[C@H]([C@H](C)O)NC1=O. The number of nitrogens with one attached hydrogen (secondary N) is 5. The van der Waals surface area contributed by atoms with Gasteiger partial charge in [-0.25, -0.2) is 0 Å². The standard InChI is InChI=1S/C52H81N7O16/c1-5-6-7-8-9-10-11-12-13-14-15-16-17-18-19-20-38(65)53-35-26-37(64)48(71)57-50(73)42-43(66)29(2)27-59(42)52(75)40(31(4)61)55-49(72)41(45(68)44(67)32-21-23-33(62)24-22-32)56-47(70)36-25-34(63)28-58(36)51(74)39(30(3)60)54-46(35)69/h9-10,12-13,21-24,29-31,34-37,39-45,48,60-64,66-68,71H,5-8,11,14-20,25-28H2,1-4H3,(H,53,65)(H,54,69)(H,55,72)(H,56,70)(H,57,73)/b10-9-,13-12-/t29-,30-,31-,34+,35-,36-,37+,39-,40-,41-,42-,43-,44-,45-,48-/m0/s1. The number of carbonyl (C=O) groups is 7. The maximum Gasteiger partial charge on any atom is 0.248 e. The quantitative estimate of drug-likeness (QED) is 0.0531. The van der Waals surface area contributed by atoms with E-state index in [2.05, 4.69) is 57.8 Å². The first-order valence-corrected chi connectivity index (χ1v) is 26.2. The van der Waals surface area contributed by atoms with E-state index >= 15 is 0 Å².